The molecule has 6 heteroatoms. The van der Waals surface area contributed by atoms with E-state index in [-0.39, 0.29) is 24.2 Å². The molecule has 0 aliphatic rings. The Bertz CT molecular complexity index is 581. The molecule has 0 saturated heterocycles. The lowest BCUT2D eigenvalue weighted by molar-refractivity contribution is -0.124. The van der Waals surface area contributed by atoms with Crippen LogP contribution in [-0.4, -0.2) is 17.4 Å². The third kappa shape index (κ3) is 4.58. The maximum Gasteiger partial charge on any atom is 0.226 e. The van der Waals surface area contributed by atoms with Crippen LogP contribution in [0.1, 0.15) is 18.2 Å². The van der Waals surface area contributed by atoms with Gasteiger partial charge in [0.15, 0.2) is 0 Å². The monoisotopic (exact) mass is 309 g/mol. The summed E-state index contributed by atoms with van der Waals surface area (Å²) in [5.41, 5.74) is 8.24. The molecule has 0 saturated carbocycles. The lowest BCUT2D eigenvalue weighted by Gasteiger charge is -2.07. The van der Waals surface area contributed by atoms with Gasteiger partial charge in [0.25, 0.3) is 0 Å². The first-order chi connectivity index (χ1) is 9.60. The van der Waals surface area contributed by atoms with Crippen LogP contribution in [0.5, 0.6) is 0 Å². The molecule has 1 atom stereocenters. The van der Waals surface area contributed by atoms with E-state index in [4.69, 9.17) is 10.2 Å². The van der Waals surface area contributed by atoms with Crippen molar-refractivity contribution in [3.05, 3.63) is 41.8 Å². The number of amides is 1. The standard InChI is InChI=1S/C15H19N3O2.ClH/c1-10-3-5-12(6-4-10)15-18-13(9-20-15)8-17-14(19)11(2)7-16;/h3-6,9,11H,7-8,16H2,1-2H3,(H,17,19);1H. The summed E-state index contributed by atoms with van der Waals surface area (Å²) in [6.07, 6.45) is 1.56. The quantitative estimate of drug-likeness (QED) is 0.888. The number of nitrogens with one attached hydrogen (secondary N) is 1. The van der Waals surface area contributed by atoms with Crippen molar-refractivity contribution in [2.24, 2.45) is 11.7 Å². The fourth-order valence-corrected chi connectivity index (χ4v) is 1.68. The highest BCUT2D eigenvalue weighted by Gasteiger charge is 2.12. The van der Waals surface area contributed by atoms with Crippen molar-refractivity contribution in [3.63, 3.8) is 0 Å². The van der Waals surface area contributed by atoms with E-state index in [2.05, 4.69) is 10.3 Å². The fraction of sp³-hybridized carbons (Fsp3) is 0.333. The Hall–Kier alpha value is -1.85. The van der Waals surface area contributed by atoms with Crippen LogP contribution in [0.2, 0.25) is 0 Å². The van der Waals surface area contributed by atoms with E-state index < -0.39 is 0 Å². The van der Waals surface area contributed by atoms with Crippen molar-refractivity contribution in [2.75, 3.05) is 6.54 Å². The molecule has 2 aromatic rings. The SMILES string of the molecule is Cc1ccc(-c2nc(CNC(=O)C(C)CN)co2)cc1.Cl. The molecule has 1 aromatic heterocycles. The van der Waals surface area contributed by atoms with Crippen molar-refractivity contribution in [1.29, 1.82) is 0 Å². The second-order valence-corrected chi connectivity index (χ2v) is 4.86. The summed E-state index contributed by atoms with van der Waals surface area (Å²) in [6.45, 7) is 4.49. The molecule has 5 nitrogen and oxygen atoms in total. The van der Waals surface area contributed by atoms with Crippen LogP contribution in [0, 0.1) is 12.8 Å². The minimum atomic E-state index is -0.196. The highest BCUT2D eigenvalue weighted by molar-refractivity contribution is 5.85. The number of carbonyl (C=O) groups excluding carboxylic acids is 1. The number of rotatable bonds is 5. The number of halogens is 1. The predicted molar refractivity (Wildman–Crippen MR) is 84.0 cm³/mol. The van der Waals surface area contributed by atoms with Gasteiger partial charge in [-0.2, -0.15) is 0 Å². The molecule has 2 rings (SSSR count). The van der Waals surface area contributed by atoms with Gasteiger partial charge in [-0.05, 0) is 19.1 Å². The summed E-state index contributed by atoms with van der Waals surface area (Å²) < 4.78 is 5.42. The zero-order valence-electron chi connectivity index (χ0n) is 12.1. The zero-order chi connectivity index (χ0) is 14.5. The van der Waals surface area contributed by atoms with E-state index in [0.29, 0.717) is 24.7 Å². The lowest BCUT2D eigenvalue weighted by atomic mass is 10.1. The predicted octanol–water partition coefficient (Wildman–Crippen LogP) is 2.28. The molecule has 21 heavy (non-hydrogen) atoms. The summed E-state index contributed by atoms with van der Waals surface area (Å²) in [7, 11) is 0. The van der Waals surface area contributed by atoms with Crippen molar-refractivity contribution in [3.8, 4) is 11.5 Å². The molecule has 1 unspecified atom stereocenters. The molecular weight excluding hydrogens is 290 g/mol. The van der Waals surface area contributed by atoms with Gasteiger partial charge in [0.05, 0.1) is 12.2 Å². The van der Waals surface area contributed by atoms with Crippen LogP contribution in [0.15, 0.2) is 34.9 Å². The van der Waals surface area contributed by atoms with Crippen LogP contribution >= 0.6 is 12.4 Å². The van der Waals surface area contributed by atoms with Gasteiger partial charge in [-0.3, -0.25) is 4.79 Å². The largest absolute Gasteiger partial charge is 0.444 e. The Morgan fingerprint density at radius 3 is 2.67 bits per heavy atom. The number of carbonyl (C=O) groups is 1. The number of aromatic nitrogens is 1. The summed E-state index contributed by atoms with van der Waals surface area (Å²) in [5, 5.41) is 2.78. The number of oxazole rings is 1. The molecule has 1 aromatic carbocycles. The van der Waals surface area contributed by atoms with Crippen molar-refractivity contribution in [1.82, 2.24) is 10.3 Å². The molecule has 0 radical (unpaired) electrons. The Labute approximate surface area is 130 Å². The summed E-state index contributed by atoms with van der Waals surface area (Å²) in [4.78, 5) is 16.0. The van der Waals surface area contributed by atoms with E-state index in [9.17, 15) is 4.79 Å². The van der Waals surface area contributed by atoms with E-state index in [1.165, 1.54) is 5.56 Å². The Balaban J connectivity index is 0.00000220. The first-order valence-corrected chi connectivity index (χ1v) is 6.59. The highest BCUT2D eigenvalue weighted by Crippen LogP contribution is 2.18. The number of benzene rings is 1. The number of nitrogens with zero attached hydrogens (tertiary/aromatic N) is 1. The van der Waals surface area contributed by atoms with Gasteiger partial charge in [-0.1, -0.05) is 24.6 Å². The zero-order valence-corrected chi connectivity index (χ0v) is 12.9. The van der Waals surface area contributed by atoms with Gasteiger partial charge in [-0.15, -0.1) is 12.4 Å². The van der Waals surface area contributed by atoms with E-state index in [0.717, 1.165) is 5.56 Å². The number of hydrogen-bond acceptors (Lipinski definition) is 4. The highest BCUT2D eigenvalue weighted by atomic mass is 35.5. The van der Waals surface area contributed by atoms with Crippen LogP contribution in [0.4, 0.5) is 0 Å². The smallest absolute Gasteiger partial charge is 0.226 e. The molecule has 3 N–H and O–H groups in total. The van der Waals surface area contributed by atoms with Crippen LogP contribution in [0.25, 0.3) is 11.5 Å². The number of hydrogen-bond donors (Lipinski definition) is 2. The van der Waals surface area contributed by atoms with Crippen molar-refractivity contribution >= 4 is 18.3 Å². The van der Waals surface area contributed by atoms with Crippen LogP contribution in [-0.2, 0) is 11.3 Å². The molecule has 0 fully saturated rings. The molecule has 0 spiro atoms. The molecule has 114 valence electrons. The maximum atomic E-state index is 11.6. The lowest BCUT2D eigenvalue weighted by Crippen LogP contribution is -2.32. The second kappa shape index (κ2) is 7.81. The molecule has 1 amide bonds. The van der Waals surface area contributed by atoms with E-state index in [1.54, 1.807) is 13.2 Å². The Morgan fingerprint density at radius 1 is 1.38 bits per heavy atom. The molecular formula is C15H20ClN3O2. The topological polar surface area (TPSA) is 81.2 Å². The van der Waals surface area contributed by atoms with Gasteiger partial charge < -0.3 is 15.5 Å². The Kier molecular flexibility index (Phi) is 6.39. The van der Waals surface area contributed by atoms with Crippen molar-refractivity contribution < 1.29 is 9.21 Å². The minimum Gasteiger partial charge on any atom is -0.444 e. The Morgan fingerprint density at radius 2 is 2.05 bits per heavy atom. The van der Waals surface area contributed by atoms with Crippen LogP contribution in [0.3, 0.4) is 0 Å². The summed E-state index contributed by atoms with van der Waals surface area (Å²) in [6, 6.07) is 7.92. The minimum absolute atomic E-state index is 0. The van der Waals surface area contributed by atoms with Crippen molar-refractivity contribution in [2.45, 2.75) is 20.4 Å². The fourth-order valence-electron chi connectivity index (χ4n) is 1.68. The molecule has 0 aliphatic carbocycles. The second-order valence-electron chi connectivity index (χ2n) is 4.86. The molecule has 0 aliphatic heterocycles. The number of nitrogens with two attached hydrogens (primary N) is 1. The van der Waals surface area contributed by atoms with E-state index >= 15 is 0 Å². The molecule has 0 bridgehead atoms. The van der Waals surface area contributed by atoms with Gasteiger partial charge in [0.1, 0.15) is 6.26 Å². The van der Waals surface area contributed by atoms with Gasteiger partial charge in [0.2, 0.25) is 11.8 Å². The first kappa shape index (κ1) is 17.2. The van der Waals surface area contributed by atoms with Gasteiger partial charge in [-0.25, -0.2) is 4.98 Å². The molecule has 1 heterocycles. The van der Waals surface area contributed by atoms with Crippen LogP contribution < -0.4 is 11.1 Å². The van der Waals surface area contributed by atoms with E-state index in [1.807, 2.05) is 31.2 Å². The maximum absolute atomic E-state index is 11.6. The summed E-state index contributed by atoms with van der Waals surface area (Å²) in [5.74, 6) is 0.284. The summed E-state index contributed by atoms with van der Waals surface area (Å²) >= 11 is 0. The number of aryl methyl sites for hydroxylation is 1. The third-order valence-corrected chi connectivity index (χ3v) is 3.10. The van der Waals surface area contributed by atoms with Gasteiger partial charge in [0, 0.05) is 18.0 Å². The average Bonchev–Trinajstić information content (AvgIpc) is 2.93. The third-order valence-electron chi connectivity index (χ3n) is 3.10. The van der Waals surface area contributed by atoms with Gasteiger partial charge >= 0.3 is 0 Å². The average molecular weight is 310 g/mol. The normalized spacial score (nSPS) is 11.6. The first-order valence-electron chi connectivity index (χ1n) is 6.59.